The Kier molecular flexibility index (Phi) is 8.08. The number of piperidine rings is 1. The SMILES string of the molecule is CCN(CC)C(=O)N1CCC(C(=O)Nc2ccccc2C(=O)NCC(F)(F)F)CC1. The van der Waals surface area contributed by atoms with Crippen LogP contribution < -0.4 is 10.6 Å². The summed E-state index contributed by atoms with van der Waals surface area (Å²) in [5.74, 6) is -1.58. The quantitative estimate of drug-likeness (QED) is 0.731. The number of urea groups is 1. The molecule has 4 amide bonds. The van der Waals surface area contributed by atoms with Gasteiger partial charge >= 0.3 is 12.2 Å². The van der Waals surface area contributed by atoms with Crippen molar-refractivity contribution in [2.75, 3.05) is 38.0 Å². The molecule has 0 aromatic heterocycles. The number of likely N-dealkylation sites (tertiary alicyclic amines) is 1. The molecule has 1 aromatic carbocycles. The van der Waals surface area contributed by atoms with Gasteiger partial charge in [-0.25, -0.2) is 4.79 Å². The van der Waals surface area contributed by atoms with Crippen LogP contribution in [0.15, 0.2) is 24.3 Å². The largest absolute Gasteiger partial charge is 0.405 e. The molecule has 10 heteroatoms. The molecule has 1 fully saturated rings. The maximum absolute atomic E-state index is 12.6. The molecule has 0 atom stereocenters. The molecule has 2 rings (SSSR count). The smallest absolute Gasteiger partial charge is 0.343 e. The van der Waals surface area contributed by atoms with E-state index in [2.05, 4.69) is 5.32 Å². The summed E-state index contributed by atoms with van der Waals surface area (Å²) in [5, 5.41) is 4.46. The van der Waals surface area contributed by atoms with Crippen LogP contribution in [0.3, 0.4) is 0 Å². The number of benzene rings is 1. The van der Waals surface area contributed by atoms with Gasteiger partial charge in [0.15, 0.2) is 0 Å². The first-order valence-corrected chi connectivity index (χ1v) is 9.95. The molecule has 1 heterocycles. The van der Waals surface area contributed by atoms with E-state index in [4.69, 9.17) is 0 Å². The van der Waals surface area contributed by atoms with Crippen molar-refractivity contribution in [3.05, 3.63) is 29.8 Å². The van der Waals surface area contributed by atoms with Crippen LogP contribution in [0, 0.1) is 5.92 Å². The summed E-state index contributed by atoms with van der Waals surface area (Å²) in [7, 11) is 0. The van der Waals surface area contributed by atoms with Crippen molar-refractivity contribution in [2.24, 2.45) is 5.92 Å². The van der Waals surface area contributed by atoms with Crippen molar-refractivity contribution >= 4 is 23.5 Å². The summed E-state index contributed by atoms with van der Waals surface area (Å²) >= 11 is 0. The fraction of sp³-hybridized carbons (Fsp3) is 0.550. The predicted molar refractivity (Wildman–Crippen MR) is 106 cm³/mol. The van der Waals surface area contributed by atoms with Crippen LogP contribution >= 0.6 is 0 Å². The summed E-state index contributed by atoms with van der Waals surface area (Å²) in [6.07, 6.45) is -3.58. The monoisotopic (exact) mass is 428 g/mol. The number of halogens is 3. The van der Waals surface area contributed by atoms with Crippen LogP contribution in [0.4, 0.5) is 23.7 Å². The van der Waals surface area contributed by atoms with Gasteiger partial charge in [0.25, 0.3) is 5.91 Å². The molecule has 1 aliphatic rings. The fourth-order valence-corrected chi connectivity index (χ4v) is 3.33. The van der Waals surface area contributed by atoms with E-state index >= 15 is 0 Å². The minimum Gasteiger partial charge on any atom is -0.343 e. The van der Waals surface area contributed by atoms with E-state index in [1.165, 1.54) is 18.2 Å². The number of rotatable bonds is 6. The van der Waals surface area contributed by atoms with Gasteiger partial charge in [-0.3, -0.25) is 9.59 Å². The van der Waals surface area contributed by atoms with Gasteiger partial charge in [-0.1, -0.05) is 12.1 Å². The summed E-state index contributed by atoms with van der Waals surface area (Å²) < 4.78 is 37.1. The van der Waals surface area contributed by atoms with Crippen molar-refractivity contribution in [2.45, 2.75) is 32.9 Å². The van der Waals surface area contributed by atoms with E-state index in [0.717, 1.165) is 0 Å². The van der Waals surface area contributed by atoms with E-state index in [9.17, 15) is 27.6 Å². The highest BCUT2D eigenvalue weighted by Gasteiger charge is 2.30. The zero-order valence-corrected chi connectivity index (χ0v) is 17.1. The first-order valence-electron chi connectivity index (χ1n) is 9.95. The highest BCUT2D eigenvalue weighted by atomic mass is 19.4. The van der Waals surface area contributed by atoms with Crippen LogP contribution in [-0.2, 0) is 4.79 Å². The van der Waals surface area contributed by atoms with Crippen molar-refractivity contribution in [1.29, 1.82) is 0 Å². The second-order valence-corrected chi connectivity index (χ2v) is 7.05. The van der Waals surface area contributed by atoms with Gasteiger partial charge in [0.2, 0.25) is 5.91 Å². The lowest BCUT2D eigenvalue weighted by Gasteiger charge is -2.34. The lowest BCUT2D eigenvalue weighted by Crippen LogP contribution is -2.47. The minimum atomic E-state index is -4.52. The molecule has 1 saturated heterocycles. The predicted octanol–water partition coefficient (Wildman–Crippen LogP) is 3.09. The first-order chi connectivity index (χ1) is 14.2. The van der Waals surface area contributed by atoms with Crippen molar-refractivity contribution in [3.63, 3.8) is 0 Å². The fourth-order valence-electron chi connectivity index (χ4n) is 3.33. The third-order valence-electron chi connectivity index (χ3n) is 5.05. The summed E-state index contributed by atoms with van der Waals surface area (Å²) in [6, 6.07) is 5.87. The third-order valence-corrected chi connectivity index (χ3v) is 5.05. The van der Waals surface area contributed by atoms with Gasteiger partial charge in [0.05, 0.1) is 11.3 Å². The standard InChI is InChI=1S/C20H27F3N4O3/c1-3-26(4-2)19(30)27-11-9-14(10-12-27)17(28)25-16-8-6-5-7-15(16)18(29)24-13-20(21,22)23/h5-8,14H,3-4,9-13H2,1-2H3,(H,24,29)(H,25,28). The molecule has 0 radical (unpaired) electrons. The number of para-hydroxylation sites is 1. The number of hydrogen-bond donors (Lipinski definition) is 2. The molecular formula is C20H27F3N4O3. The number of amides is 4. The maximum Gasteiger partial charge on any atom is 0.405 e. The number of carbonyl (C=O) groups excluding carboxylic acids is 3. The van der Waals surface area contributed by atoms with E-state index in [0.29, 0.717) is 39.0 Å². The molecule has 0 aliphatic carbocycles. The highest BCUT2D eigenvalue weighted by Crippen LogP contribution is 2.22. The van der Waals surface area contributed by atoms with Crippen molar-refractivity contribution < 1.29 is 27.6 Å². The molecule has 30 heavy (non-hydrogen) atoms. The second-order valence-electron chi connectivity index (χ2n) is 7.05. The van der Waals surface area contributed by atoms with Crippen molar-refractivity contribution in [1.82, 2.24) is 15.1 Å². The number of anilines is 1. The normalized spacial score (nSPS) is 14.9. The molecule has 1 aliphatic heterocycles. The molecule has 0 bridgehead atoms. The average molecular weight is 428 g/mol. The number of hydrogen-bond acceptors (Lipinski definition) is 3. The van der Waals surface area contributed by atoms with E-state index in [1.807, 2.05) is 19.2 Å². The first kappa shape index (κ1) is 23.5. The molecule has 7 nitrogen and oxygen atoms in total. The highest BCUT2D eigenvalue weighted by molar-refractivity contribution is 6.04. The Balaban J connectivity index is 1.96. The Morgan fingerprint density at radius 1 is 1.10 bits per heavy atom. The van der Waals surface area contributed by atoms with E-state index in [1.54, 1.807) is 15.9 Å². The van der Waals surface area contributed by atoms with Crippen LogP contribution in [0.2, 0.25) is 0 Å². The van der Waals surface area contributed by atoms with Gasteiger partial charge in [-0.15, -0.1) is 0 Å². The molecule has 0 unspecified atom stereocenters. The van der Waals surface area contributed by atoms with Gasteiger partial charge in [-0.2, -0.15) is 13.2 Å². The Hall–Kier alpha value is -2.78. The minimum absolute atomic E-state index is 0.0377. The Morgan fingerprint density at radius 2 is 1.70 bits per heavy atom. The van der Waals surface area contributed by atoms with Crippen LogP contribution in [0.1, 0.15) is 37.0 Å². The molecule has 1 aromatic rings. The summed E-state index contributed by atoms with van der Waals surface area (Å²) in [5.41, 5.74) is 0.119. The number of carbonyl (C=O) groups is 3. The van der Waals surface area contributed by atoms with E-state index in [-0.39, 0.29) is 29.1 Å². The zero-order chi connectivity index (χ0) is 22.3. The summed E-state index contributed by atoms with van der Waals surface area (Å²) in [4.78, 5) is 40.6. The Labute approximate surface area is 173 Å². The number of nitrogens with zero attached hydrogens (tertiary/aromatic N) is 2. The third kappa shape index (κ3) is 6.36. The van der Waals surface area contributed by atoms with Crippen LogP contribution in [-0.4, -0.2) is 66.5 Å². The van der Waals surface area contributed by atoms with E-state index < -0.39 is 18.6 Å². The molecule has 0 saturated carbocycles. The average Bonchev–Trinajstić information content (AvgIpc) is 2.72. The van der Waals surface area contributed by atoms with Gasteiger partial charge < -0.3 is 20.4 Å². The van der Waals surface area contributed by atoms with Crippen LogP contribution in [0.25, 0.3) is 0 Å². The summed E-state index contributed by atoms with van der Waals surface area (Å²) in [6.45, 7) is 4.48. The maximum atomic E-state index is 12.6. The lowest BCUT2D eigenvalue weighted by atomic mass is 9.95. The molecule has 2 N–H and O–H groups in total. The Morgan fingerprint density at radius 3 is 2.27 bits per heavy atom. The molecule has 166 valence electrons. The van der Waals surface area contributed by atoms with Crippen molar-refractivity contribution in [3.8, 4) is 0 Å². The Bertz CT molecular complexity index is 758. The topological polar surface area (TPSA) is 81.8 Å². The second kappa shape index (κ2) is 10.3. The molecule has 0 spiro atoms. The van der Waals surface area contributed by atoms with Crippen LogP contribution in [0.5, 0.6) is 0 Å². The number of alkyl halides is 3. The molecular weight excluding hydrogens is 401 g/mol. The van der Waals surface area contributed by atoms with Gasteiger partial charge in [0.1, 0.15) is 6.54 Å². The van der Waals surface area contributed by atoms with Gasteiger partial charge in [0, 0.05) is 32.1 Å². The number of nitrogens with one attached hydrogen (secondary N) is 2. The zero-order valence-electron chi connectivity index (χ0n) is 17.1. The van der Waals surface area contributed by atoms with Gasteiger partial charge in [-0.05, 0) is 38.8 Å². The lowest BCUT2D eigenvalue weighted by molar-refractivity contribution is -0.123.